The van der Waals surface area contributed by atoms with Crippen LogP contribution in [0.5, 0.6) is 11.5 Å². The number of rotatable bonds is 4. The van der Waals surface area contributed by atoms with Crippen molar-refractivity contribution in [1.82, 2.24) is 0 Å². The van der Waals surface area contributed by atoms with Crippen molar-refractivity contribution in [3.8, 4) is 23.3 Å². The smallest absolute Gasteiger partial charge is 0.149 e. The highest BCUT2D eigenvalue weighted by molar-refractivity contribution is 5.48. The zero-order valence-electron chi connectivity index (χ0n) is 10.5. The van der Waals surface area contributed by atoms with E-state index in [4.69, 9.17) is 9.47 Å². The molecule has 1 aliphatic heterocycles. The maximum Gasteiger partial charge on any atom is 0.149 e. The van der Waals surface area contributed by atoms with Crippen LogP contribution in [0.25, 0.3) is 0 Å². The van der Waals surface area contributed by atoms with Crippen molar-refractivity contribution in [2.24, 2.45) is 0 Å². The van der Waals surface area contributed by atoms with E-state index in [0.717, 1.165) is 37.4 Å². The molecule has 0 aliphatic carbocycles. The summed E-state index contributed by atoms with van der Waals surface area (Å²) in [6.07, 6.45) is 3.18. The second kappa shape index (κ2) is 5.63. The number of hydrogen-bond acceptors (Lipinski definition) is 2. The highest BCUT2D eigenvalue weighted by Crippen LogP contribution is 2.33. The Morgan fingerprint density at radius 1 is 1.41 bits per heavy atom. The predicted octanol–water partition coefficient (Wildman–Crippen LogP) is 2.98. The largest absolute Gasteiger partial charge is 0.493 e. The van der Waals surface area contributed by atoms with Crippen molar-refractivity contribution >= 4 is 0 Å². The summed E-state index contributed by atoms with van der Waals surface area (Å²) in [7, 11) is 0. The standard InChI is InChI=1S/C15H18O2/c1-3-5-8-16-14-11-15-13(7-9-17-15)10-12(14)6-4-2/h10-11H,4,6-9H2,1-2H3. The van der Waals surface area contributed by atoms with E-state index in [-0.39, 0.29) is 0 Å². The molecule has 0 fully saturated rings. The summed E-state index contributed by atoms with van der Waals surface area (Å²) in [5, 5.41) is 0. The molecule has 0 aromatic heterocycles. The quantitative estimate of drug-likeness (QED) is 0.740. The van der Waals surface area contributed by atoms with Crippen molar-refractivity contribution in [2.45, 2.75) is 33.1 Å². The number of aryl methyl sites for hydroxylation is 1. The molecule has 0 atom stereocenters. The zero-order valence-corrected chi connectivity index (χ0v) is 10.5. The number of ether oxygens (including phenoxy) is 2. The third kappa shape index (κ3) is 2.74. The molecule has 2 heteroatoms. The van der Waals surface area contributed by atoms with Gasteiger partial charge in [-0.1, -0.05) is 19.3 Å². The van der Waals surface area contributed by atoms with E-state index in [9.17, 15) is 0 Å². The van der Waals surface area contributed by atoms with Gasteiger partial charge in [0.05, 0.1) is 6.61 Å². The van der Waals surface area contributed by atoms with Crippen LogP contribution < -0.4 is 9.47 Å². The monoisotopic (exact) mass is 230 g/mol. The molecule has 0 bridgehead atoms. The minimum absolute atomic E-state index is 0.450. The van der Waals surface area contributed by atoms with Crippen LogP contribution in [-0.4, -0.2) is 13.2 Å². The Kier molecular flexibility index (Phi) is 3.93. The van der Waals surface area contributed by atoms with Crippen LogP contribution in [0.15, 0.2) is 12.1 Å². The highest BCUT2D eigenvalue weighted by Gasteiger charge is 2.16. The van der Waals surface area contributed by atoms with Crippen LogP contribution in [0, 0.1) is 11.8 Å². The second-order valence-corrected chi connectivity index (χ2v) is 4.13. The van der Waals surface area contributed by atoms with Gasteiger partial charge in [-0.2, -0.15) is 0 Å². The highest BCUT2D eigenvalue weighted by atomic mass is 16.5. The Bertz CT molecular complexity index is 452. The first-order valence-electron chi connectivity index (χ1n) is 6.16. The maximum atomic E-state index is 5.70. The summed E-state index contributed by atoms with van der Waals surface area (Å²) in [5.41, 5.74) is 2.58. The molecule has 1 aromatic carbocycles. The van der Waals surface area contributed by atoms with Gasteiger partial charge in [0.2, 0.25) is 0 Å². The van der Waals surface area contributed by atoms with Crippen LogP contribution >= 0.6 is 0 Å². The van der Waals surface area contributed by atoms with Gasteiger partial charge in [0.1, 0.15) is 18.1 Å². The molecular formula is C15H18O2. The molecule has 0 unspecified atom stereocenters. The SMILES string of the molecule is CC#CCOc1cc2c(cc1CCC)CCO2. The van der Waals surface area contributed by atoms with E-state index in [1.165, 1.54) is 11.1 Å². The normalized spacial score (nSPS) is 12.4. The third-order valence-corrected chi connectivity index (χ3v) is 2.87. The molecule has 2 nitrogen and oxygen atoms in total. The van der Waals surface area contributed by atoms with E-state index in [1.807, 2.05) is 13.0 Å². The lowest BCUT2D eigenvalue weighted by molar-refractivity contribution is 0.345. The van der Waals surface area contributed by atoms with Gasteiger partial charge in [-0.25, -0.2) is 0 Å². The van der Waals surface area contributed by atoms with Crippen LogP contribution in [0.1, 0.15) is 31.4 Å². The summed E-state index contributed by atoms with van der Waals surface area (Å²) in [6, 6.07) is 4.24. The first-order chi connectivity index (χ1) is 8.35. The van der Waals surface area contributed by atoms with Gasteiger partial charge in [-0.15, -0.1) is 5.92 Å². The van der Waals surface area contributed by atoms with Crippen molar-refractivity contribution in [2.75, 3.05) is 13.2 Å². The minimum atomic E-state index is 0.450. The molecule has 1 aliphatic rings. The molecule has 0 amide bonds. The van der Waals surface area contributed by atoms with Crippen molar-refractivity contribution in [3.05, 3.63) is 23.3 Å². The molecule has 17 heavy (non-hydrogen) atoms. The Hall–Kier alpha value is -1.62. The number of fused-ring (bicyclic) bond motifs is 1. The molecule has 0 saturated carbocycles. The van der Waals surface area contributed by atoms with Crippen LogP contribution in [-0.2, 0) is 12.8 Å². The second-order valence-electron chi connectivity index (χ2n) is 4.13. The predicted molar refractivity (Wildman–Crippen MR) is 68.6 cm³/mol. The first kappa shape index (κ1) is 11.9. The van der Waals surface area contributed by atoms with Crippen LogP contribution in [0.2, 0.25) is 0 Å². The number of benzene rings is 1. The molecule has 1 heterocycles. The van der Waals surface area contributed by atoms with Gasteiger partial charge in [0, 0.05) is 12.5 Å². The molecule has 0 spiro atoms. The third-order valence-electron chi connectivity index (χ3n) is 2.87. The fourth-order valence-electron chi connectivity index (χ4n) is 2.04. The van der Waals surface area contributed by atoms with E-state index in [2.05, 4.69) is 24.8 Å². The molecule has 2 rings (SSSR count). The van der Waals surface area contributed by atoms with Gasteiger partial charge in [0.25, 0.3) is 0 Å². The summed E-state index contributed by atoms with van der Waals surface area (Å²) in [6.45, 7) is 5.24. The Balaban J connectivity index is 2.23. The van der Waals surface area contributed by atoms with Crippen molar-refractivity contribution in [1.29, 1.82) is 0 Å². The molecule has 90 valence electrons. The van der Waals surface area contributed by atoms with Crippen LogP contribution in [0.4, 0.5) is 0 Å². The Morgan fingerprint density at radius 3 is 3.06 bits per heavy atom. The zero-order chi connectivity index (χ0) is 12.1. The number of hydrogen-bond donors (Lipinski definition) is 0. The average molecular weight is 230 g/mol. The van der Waals surface area contributed by atoms with Crippen molar-refractivity contribution in [3.63, 3.8) is 0 Å². The molecule has 0 radical (unpaired) electrons. The fraction of sp³-hybridized carbons (Fsp3) is 0.467. The maximum absolute atomic E-state index is 5.70. The summed E-state index contributed by atoms with van der Waals surface area (Å²) < 4.78 is 11.3. The lowest BCUT2D eigenvalue weighted by Gasteiger charge is -2.11. The van der Waals surface area contributed by atoms with Gasteiger partial charge >= 0.3 is 0 Å². The van der Waals surface area contributed by atoms with Crippen LogP contribution in [0.3, 0.4) is 0 Å². The van der Waals surface area contributed by atoms with E-state index in [0.29, 0.717) is 6.61 Å². The Labute approximate surface area is 103 Å². The van der Waals surface area contributed by atoms with E-state index < -0.39 is 0 Å². The average Bonchev–Trinajstić information content (AvgIpc) is 2.77. The van der Waals surface area contributed by atoms with Gasteiger partial charge in [-0.3, -0.25) is 0 Å². The first-order valence-corrected chi connectivity index (χ1v) is 6.16. The molecular weight excluding hydrogens is 212 g/mol. The van der Waals surface area contributed by atoms with Gasteiger partial charge in [-0.05, 0) is 30.5 Å². The van der Waals surface area contributed by atoms with E-state index in [1.54, 1.807) is 0 Å². The molecule has 0 saturated heterocycles. The Morgan fingerprint density at radius 2 is 2.29 bits per heavy atom. The summed E-state index contributed by atoms with van der Waals surface area (Å²) >= 11 is 0. The molecule has 0 N–H and O–H groups in total. The van der Waals surface area contributed by atoms with Gasteiger partial charge < -0.3 is 9.47 Å². The summed E-state index contributed by atoms with van der Waals surface area (Å²) in [4.78, 5) is 0. The topological polar surface area (TPSA) is 18.5 Å². The summed E-state index contributed by atoms with van der Waals surface area (Å²) in [5.74, 6) is 7.66. The minimum Gasteiger partial charge on any atom is -0.493 e. The fourth-order valence-corrected chi connectivity index (χ4v) is 2.04. The lowest BCUT2D eigenvalue weighted by atomic mass is 10.0. The lowest BCUT2D eigenvalue weighted by Crippen LogP contribution is -1.99. The van der Waals surface area contributed by atoms with E-state index >= 15 is 0 Å². The van der Waals surface area contributed by atoms with Crippen molar-refractivity contribution < 1.29 is 9.47 Å². The van der Waals surface area contributed by atoms with Gasteiger partial charge in [0.15, 0.2) is 0 Å². The molecule has 1 aromatic rings.